The molecule has 0 saturated carbocycles. The van der Waals surface area contributed by atoms with Crippen LogP contribution in [0.2, 0.25) is 0 Å². The number of nitrogens with one attached hydrogen (secondary N) is 1. The normalized spacial score (nSPS) is 10.5. The van der Waals surface area contributed by atoms with E-state index < -0.39 is 51.2 Å². The van der Waals surface area contributed by atoms with E-state index in [0.29, 0.717) is 0 Å². The minimum Gasteiger partial charge on any atom is -0.478 e. The van der Waals surface area contributed by atoms with E-state index in [9.17, 15) is 37.3 Å². The monoisotopic (exact) mass is 450 g/mol. The van der Waals surface area contributed by atoms with Crippen LogP contribution in [0.3, 0.4) is 0 Å². The first kappa shape index (κ1) is 22.2. The minimum absolute atomic E-state index is 0.0353. The Kier molecular flexibility index (Phi) is 6.05. The third-order valence-electron chi connectivity index (χ3n) is 4.10. The molecular weight excluding hydrogens is 440 g/mol. The summed E-state index contributed by atoms with van der Waals surface area (Å²) in [7, 11) is 0. The fraction of sp³-hybridized carbons (Fsp3) is 0. The highest BCUT2D eigenvalue weighted by Gasteiger charge is 2.32. The van der Waals surface area contributed by atoms with Gasteiger partial charge in [0.15, 0.2) is 23.3 Å². The average Bonchev–Trinajstić information content (AvgIpc) is 2.76. The zero-order valence-electron chi connectivity index (χ0n) is 15.6. The van der Waals surface area contributed by atoms with E-state index in [2.05, 4.69) is 5.32 Å². The molecule has 0 atom stereocenters. The number of amides is 1. The molecule has 3 aromatic carbocycles. The molecule has 0 saturated heterocycles. The van der Waals surface area contributed by atoms with Gasteiger partial charge in [0.25, 0.3) is 11.6 Å². The van der Waals surface area contributed by atoms with E-state index in [1.54, 1.807) is 0 Å². The van der Waals surface area contributed by atoms with Crippen LogP contribution in [-0.4, -0.2) is 21.9 Å². The number of nitro benzene ring substituents is 1. The standard InChI is InChI=1S/C20H10F4N2O6/c21-15-13(14(20(28)29)16(22)18(24)17(15)23)19(27)25-9-1-5-11(6-2-9)32-12-7-3-10(4-8-12)26(30)31/h1-8H,(H,25,27)(H,28,29). The number of nitrogens with zero attached hydrogens (tertiary/aromatic N) is 1. The number of halogens is 4. The first-order valence-electron chi connectivity index (χ1n) is 8.53. The van der Waals surface area contributed by atoms with E-state index >= 15 is 0 Å². The van der Waals surface area contributed by atoms with Crippen LogP contribution in [0, 0.1) is 33.4 Å². The first-order chi connectivity index (χ1) is 15.1. The summed E-state index contributed by atoms with van der Waals surface area (Å²) in [5.41, 5.74) is -3.35. The molecule has 3 rings (SSSR count). The molecule has 0 unspecified atom stereocenters. The van der Waals surface area contributed by atoms with Gasteiger partial charge in [0, 0.05) is 17.8 Å². The van der Waals surface area contributed by atoms with Crippen LogP contribution in [0.5, 0.6) is 11.5 Å². The zero-order valence-corrected chi connectivity index (χ0v) is 15.6. The molecule has 0 fully saturated rings. The summed E-state index contributed by atoms with van der Waals surface area (Å²) in [6, 6.07) is 10.3. The maximum atomic E-state index is 14.0. The second kappa shape index (κ2) is 8.71. The van der Waals surface area contributed by atoms with Crippen molar-refractivity contribution in [3.63, 3.8) is 0 Å². The second-order valence-electron chi connectivity index (χ2n) is 6.14. The maximum absolute atomic E-state index is 14.0. The Hall–Kier alpha value is -4.48. The average molecular weight is 450 g/mol. The number of nitro groups is 1. The molecule has 0 aliphatic rings. The van der Waals surface area contributed by atoms with Crippen molar-refractivity contribution < 1.29 is 41.9 Å². The third-order valence-corrected chi connectivity index (χ3v) is 4.10. The molecule has 32 heavy (non-hydrogen) atoms. The Balaban J connectivity index is 1.81. The Morgan fingerprint density at radius 2 is 1.28 bits per heavy atom. The molecule has 8 nitrogen and oxygen atoms in total. The molecule has 0 aliphatic carbocycles. The molecule has 3 aromatic rings. The number of benzene rings is 3. The Labute approximate surface area is 175 Å². The van der Waals surface area contributed by atoms with Gasteiger partial charge in [-0.1, -0.05) is 0 Å². The number of ether oxygens (including phenoxy) is 1. The van der Waals surface area contributed by atoms with E-state index in [1.807, 2.05) is 0 Å². The highest BCUT2D eigenvalue weighted by atomic mass is 19.2. The highest BCUT2D eigenvalue weighted by molar-refractivity contribution is 6.11. The summed E-state index contributed by atoms with van der Waals surface area (Å²) in [6.45, 7) is 0. The van der Waals surface area contributed by atoms with Gasteiger partial charge < -0.3 is 15.2 Å². The zero-order chi connectivity index (χ0) is 23.6. The fourth-order valence-corrected chi connectivity index (χ4v) is 2.62. The van der Waals surface area contributed by atoms with E-state index in [4.69, 9.17) is 9.84 Å². The molecule has 164 valence electrons. The van der Waals surface area contributed by atoms with E-state index in [0.717, 1.165) is 0 Å². The van der Waals surface area contributed by atoms with Gasteiger partial charge in [-0.15, -0.1) is 0 Å². The van der Waals surface area contributed by atoms with Crippen molar-refractivity contribution in [2.45, 2.75) is 0 Å². The third kappa shape index (κ3) is 4.33. The largest absolute Gasteiger partial charge is 0.478 e. The number of carboxylic acid groups (broad SMARTS) is 1. The van der Waals surface area contributed by atoms with Gasteiger partial charge in [-0.05, 0) is 36.4 Å². The van der Waals surface area contributed by atoms with Crippen molar-refractivity contribution >= 4 is 23.3 Å². The van der Waals surface area contributed by atoms with Gasteiger partial charge in [-0.3, -0.25) is 14.9 Å². The Morgan fingerprint density at radius 1 is 0.812 bits per heavy atom. The maximum Gasteiger partial charge on any atom is 0.339 e. The van der Waals surface area contributed by atoms with Crippen LogP contribution in [0.1, 0.15) is 20.7 Å². The lowest BCUT2D eigenvalue weighted by Gasteiger charge is -2.12. The SMILES string of the molecule is O=C(O)c1c(F)c(F)c(F)c(F)c1C(=O)Nc1ccc(Oc2ccc([N+](=O)[O-])cc2)cc1. The van der Waals surface area contributed by atoms with Crippen LogP contribution in [0.25, 0.3) is 0 Å². The summed E-state index contributed by atoms with van der Waals surface area (Å²) in [5, 5.41) is 21.7. The molecule has 0 bridgehead atoms. The van der Waals surface area contributed by atoms with Crippen molar-refractivity contribution in [2.24, 2.45) is 0 Å². The Morgan fingerprint density at radius 3 is 1.75 bits per heavy atom. The van der Waals surface area contributed by atoms with Crippen LogP contribution < -0.4 is 10.1 Å². The van der Waals surface area contributed by atoms with Crippen LogP contribution >= 0.6 is 0 Å². The predicted octanol–water partition coefficient (Wildman–Crippen LogP) is 4.89. The van der Waals surface area contributed by atoms with Crippen LogP contribution in [0.4, 0.5) is 28.9 Å². The quantitative estimate of drug-likeness (QED) is 0.181. The van der Waals surface area contributed by atoms with Crippen LogP contribution in [-0.2, 0) is 0 Å². The summed E-state index contributed by atoms with van der Waals surface area (Å²) in [6.07, 6.45) is 0. The summed E-state index contributed by atoms with van der Waals surface area (Å²) in [5.74, 6) is -12.3. The molecule has 0 heterocycles. The predicted molar refractivity (Wildman–Crippen MR) is 101 cm³/mol. The molecule has 0 radical (unpaired) electrons. The van der Waals surface area contributed by atoms with Crippen molar-refractivity contribution in [1.82, 2.24) is 0 Å². The Bertz CT molecular complexity index is 1230. The van der Waals surface area contributed by atoms with Gasteiger partial charge in [-0.25, -0.2) is 22.4 Å². The van der Waals surface area contributed by atoms with Crippen molar-refractivity contribution in [2.75, 3.05) is 5.32 Å². The number of hydrogen-bond donors (Lipinski definition) is 2. The number of carbonyl (C=O) groups excluding carboxylic acids is 1. The number of carbonyl (C=O) groups is 2. The molecule has 0 spiro atoms. The molecular formula is C20H10F4N2O6. The number of aromatic carboxylic acids is 1. The minimum atomic E-state index is -2.36. The van der Waals surface area contributed by atoms with Gasteiger partial charge in [0.1, 0.15) is 17.1 Å². The number of non-ortho nitro benzene ring substituents is 1. The van der Waals surface area contributed by atoms with Gasteiger partial charge in [-0.2, -0.15) is 0 Å². The molecule has 12 heteroatoms. The van der Waals surface area contributed by atoms with Gasteiger partial charge >= 0.3 is 5.97 Å². The lowest BCUT2D eigenvalue weighted by Crippen LogP contribution is -2.22. The molecule has 0 aliphatic heterocycles. The summed E-state index contributed by atoms with van der Waals surface area (Å²) < 4.78 is 60.1. The highest BCUT2D eigenvalue weighted by Crippen LogP contribution is 2.27. The lowest BCUT2D eigenvalue weighted by atomic mass is 10.0. The molecule has 1 amide bonds. The number of hydrogen-bond acceptors (Lipinski definition) is 5. The first-order valence-corrected chi connectivity index (χ1v) is 8.53. The molecule has 2 N–H and O–H groups in total. The second-order valence-corrected chi connectivity index (χ2v) is 6.14. The van der Waals surface area contributed by atoms with E-state index in [1.165, 1.54) is 48.5 Å². The fourth-order valence-electron chi connectivity index (χ4n) is 2.62. The molecule has 0 aromatic heterocycles. The number of carboxylic acids is 1. The smallest absolute Gasteiger partial charge is 0.339 e. The summed E-state index contributed by atoms with van der Waals surface area (Å²) in [4.78, 5) is 33.5. The van der Waals surface area contributed by atoms with Crippen LogP contribution in [0.15, 0.2) is 48.5 Å². The van der Waals surface area contributed by atoms with Gasteiger partial charge in [0.2, 0.25) is 0 Å². The summed E-state index contributed by atoms with van der Waals surface area (Å²) >= 11 is 0. The van der Waals surface area contributed by atoms with Crippen molar-refractivity contribution in [3.05, 3.63) is 93.0 Å². The van der Waals surface area contributed by atoms with Gasteiger partial charge in [0.05, 0.1) is 10.5 Å². The van der Waals surface area contributed by atoms with E-state index in [-0.39, 0.29) is 22.9 Å². The van der Waals surface area contributed by atoms with Crippen molar-refractivity contribution in [3.8, 4) is 11.5 Å². The topological polar surface area (TPSA) is 119 Å². The number of anilines is 1. The lowest BCUT2D eigenvalue weighted by molar-refractivity contribution is -0.384. The number of rotatable bonds is 6. The van der Waals surface area contributed by atoms with Crippen molar-refractivity contribution in [1.29, 1.82) is 0 Å².